The summed E-state index contributed by atoms with van der Waals surface area (Å²) in [4.78, 5) is 12.1. The number of carbonyl (C=O) groups excluding carboxylic acids is 1. The second-order valence-corrected chi connectivity index (χ2v) is 4.93. The summed E-state index contributed by atoms with van der Waals surface area (Å²) >= 11 is 0. The largest absolute Gasteiger partial charge is 0.480 e. The van der Waals surface area contributed by atoms with E-state index in [0.29, 0.717) is 13.0 Å². The summed E-state index contributed by atoms with van der Waals surface area (Å²) < 4.78 is 5.64. The van der Waals surface area contributed by atoms with Crippen molar-refractivity contribution >= 4 is 5.91 Å². The lowest BCUT2D eigenvalue weighted by molar-refractivity contribution is -0.128. The maximum atomic E-state index is 12.1. The predicted molar refractivity (Wildman–Crippen MR) is 70.4 cm³/mol. The number of nitrogens with one attached hydrogen (secondary N) is 1. The third kappa shape index (κ3) is 2.64. The molecule has 1 aliphatic rings. The van der Waals surface area contributed by atoms with Crippen LogP contribution in [0.25, 0.3) is 0 Å². The van der Waals surface area contributed by atoms with Gasteiger partial charge in [0.15, 0.2) is 6.10 Å². The Morgan fingerprint density at radius 2 is 2.22 bits per heavy atom. The van der Waals surface area contributed by atoms with E-state index in [0.717, 1.165) is 11.3 Å². The first kappa shape index (κ1) is 12.9. The number of nitrogens with two attached hydrogens (primary N) is 1. The number of fused-ring (bicyclic) bond motifs is 1. The van der Waals surface area contributed by atoms with Gasteiger partial charge in [0.05, 0.1) is 0 Å². The summed E-state index contributed by atoms with van der Waals surface area (Å²) in [5.74, 6) is 1.02. The van der Waals surface area contributed by atoms with Crippen LogP contribution in [-0.4, -0.2) is 24.6 Å². The maximum absolute atomic E-state index is 12.1. The minimum atomic E-state index is -0.408. The molecule has 3 N–H and O–H groups in total. The monoisotopic (exact) mass is 248 g/mol. The van der Waals surface area contributed by atoms with Crippen LogP contribution in [0.15, 0.2) is 24.3 Å². The van der Waals surface area contributed by atoms with Crippen LogP contribution >= 0.6 is 0 Å². The van der Waals surface area contributed by atoms with Gasteiger partial charge in [-0.15, -0.1) is 0 Å². The van der Waals surface area contributed by atoms with Gasteiger partial charge in [-0.05, 0) is 31.0 Å². The molecule has 98 valence electrons. The molecule has 1 heterocycles. The molecule has 2 rings (SSSR count). The molecule has 0 aliphatic carbocycles. The van der Waals surface area contributed by atoms with E-state index >= 15 is 0 Å². The molecule has 18 heavy (non-hydrogen) atoms. The molecule has 0 fully saturated rings. The number of hydrogen-bond acceptors (Lipinski definition) is 3. The number of ether oxygens (including phenoxy) is 1. The summed E-state index contributed by atoms with van der Waals surface area (Å²) in [6.07, 6.45) is 0.237. The second-order valence-electron chi connectivity index (χ2n) is 4.93. The van der Waals surface area contributed by atoms with Gasteiger partial charge in [0.2, 0.25) is 0 Å². The molecule has 1 aromatic rings. The summed E-state index contributed by atoms with van der Waals surface area (Å²) in [6.45, 7) is 4.56. The summed E-state index contributed by atoms with van der Waals surface area (Å²) in [7, 11) is 0. The Hall–Kier alpha value is -1.55. The van der Waals surface area contributed by atoms with E-state index in [4.69, 9.17) is 10.5 Å². The van der Waals surface area contributed by atoms with Gasteiger partial charge in [-0.1, -0.05) is 25.1 Å². The molecule has 1 aliphatic heterocycles. The molecule has 4 nitrogen and oxygen atoms in total. The zero-order valence-corrected chi connectivity index (χ0v) is 10.8. The Bertz CT molecular complexity index is 409. The van der Waals surface area contributed by atoms with Crippen molar-refractivity contribution < 1.29 is 9.53 Å². The second kappa shape index (κ2) is 5.40. The van der Waals surface area contributed by atoms with E-state index in [2.05, 4.69) is 5.32 Å². The Balaban J connectivity index is 1.93. The molecular weight excluding hydrogens is 228 g/mol. The lowest BCUT2D eigenvalue weighted by atomic mass is 10.0. The zero-order chi connectivity index (χ0) is 13.1. The van der Waals surface area contributed by atoms with E-state index < -0.39 is 6.10 Å². The fraction of sp³-hybridized carbons (Fsp3) is 0.500. The number of carbonyl (C=O) groups is 1. The molecule has 3 unspecified atom stereocenters. The van der Waals surface area contributed by atoms with Crippen LogP contribution in [0, 0.1) is 5.92 Å². The van der Waals surface area contributed by atoms with Crippen LogP contribution in [0.1, 0.15) is 19.4 Å². The third-order valence-corrected chi connectivity index (χ3v) is 3.53. The molecule has 0 spiro atoms. The Morgan fingerprint density at radius 1 is 1.50 bits per heavy atom. The van der Waals surface area contributed by atoms with Crippen molar-refractivity contribution in [3.63, 3.8) is 0 Å². The lowest BCUT2D eigenvalue weighted by Crippen LogP contribution is -2.45. The highest BCUT2D eigenvalue weighted by molar-refractivity contribution is 5.82. The van der Waals surface area contributed by atoms with Crippen LogP contribution in [0.2, 0.25) is 0 Å². The van der Waals surface area contributed by atoms with Gasteiger partial charge in [0.25, 0.3) is 5.91 Å². The summed E-state index contributed by atoms with van der Waals surface area (Å²) in [6, 6.07) is 7.83. The average Bonchev–Trinajstić information content (AvgIpc) is 2.81. The molecule has 0 radical (unpaired) electrons. The summed E-state index contributed by atoms with van der Waals surface area (Å²) in [5.41, 5.74) is 6.68. The fourth-order valence-corrected chi connectivity index (χ4v) is 1.99. The topological polar surface area (TPSA) is 64.3 Å². The van der Waals surface area contributed by atoms with Gasteiger partial charge in [-0.2, -0.15) is 0 Å². The Morgan fingerprint density at radius 3 is 2.89 bits per heavy atom. The first-order chi connectivity index (χ1) is 8.61. The fourth-order valence-electron chi connectivity index (χ4n) is 1.99. The maximum Gasteiger partial charge on any atom is 0.261 e. The number of rotatable bonds is 4. The number of hydrogen-bond donors (Lipinski definition) is 2. The van der Waals surface area contributed by atoms with Crippen LogP contribution in [0.4, 0.5) is 0 Å². The molecule has 0 bridgehead atoms. The van der Waals surface area contributed by atoms with E-state index in [1.54, 1.807) is 0 Å². The quantitative estimate of drug-likeness (QED) is 0.838. The highest BCUT2D eigenvalue weighted by atomic mass is 16.5. The van der Waals surface area contributed by atoms with Gasteiger partial charge >= 0.3 is 0 Å². The molecule has 1 aromatic carbocycles. The number of benzene rings is 1. The predicted octanol–water partition coefficient (Wildman–Crippen LogP) is 1.09. The first-order valence-electron chi connectivity index (χ1n) is 6.36. The molecule has 4 heteroatoms. The van der Waals surface area contributed by atoms with E-state index in [9.17, 15) is 4.79 Å². The molecule has 0 saturated carbocycles. The van der Waals surface area contributed by atoms with Crippen molar-refractivity contribution in [2.24, 2.45) is 11.7 Å². The first-order valence-corrected chi connectivity index (χ1v) is 6.36. The average molecular weight is 248 g/mol. The van der Waals surface area contributed by atoms with Gasteiger partial charge in [0.1, 0.15) is 5.75 Å². The lowest BCUT2D eigenvalue weighted by Gasteiger charge is -2.21. The van der Waals surface area contributed by atoms with Crippen LogP contribution in [0.3, 0.4) is 0 Å². The van der Waals surface area contributed by atoms with Crippen molar-refractivity contribution in [1.29, 1.82) is 0 Å². The smallest absolute Gasteiger partial charge is 0.261 e. The minimum absolute atomic E-state index is 0.0565. The standard InChI is InChI=1S/C14H20N2O2/c1-9(8-15)10(2)16-14(17)13-7-11-5-3-4-6-12(11)18-13/h3-6,9-10,13H,7-8,15H2,1-2H3,(H,16,17). The highest BCUT2D eigenvalue weighted by Gasteiger charge is 2.29. The van der Waals surface area contributed by atoms with Crippen molar-refractivity contribution in [3.8, 4) is 5.75 Å². The number of para-hydroxylation sites is 1. The van der Waals surface area contributed by atoms with Gasteiger partial charge < -0.3 is 15.8 Å². The SMILES string of the molecule is CC(CN)C(C)NC(=O)C1Cc2ccccc2O1. The van der Waals surface area contributed by atoms with Gasteiger partial charge in [-0.25, -0.2) is 0 Å². The molecular formula is C14H20N2O2. The molecule has 0 saturated heterocycles. The van der Waals surface area contributed by atoms with Gasteiger partial charge in [-0.3, -0.25) is 4.79 Å². The van der Waals surface area contributed by atoms with Crippen LogP contribution < -0.4 is 15.8 Å². The third-order valence-electron chi connectivity index (χ3n) is 3.53. The van der Waals surface area contributed by atoms with Crippen LogP contribution in [-0.2, 0) is 11.2 Å². The Labute approximate surface area is 108 Å². The summed E-state index contributed by atoms with van der Waals surface area (Å²) in [5, 5.41) is 2.96. The van der Waals surface area contributed by atoms with Crippen molar-refractivity contribution in [2.45, 2.75) is 32.4 Å². The van der Waals surface area contributed by atoms with E-state index in [-0.39, 0.29) is 17.9 Å². The van der Waals surface area contributed by atoms with E-state index in [1.807, 2.05) is 38.1 Å². The van der Waals surface area contributed by atoms with Gasteiger partial charge in [0, 0.05) is 12.5 Å². The van der Waals surface area contributed by atoms with Crippen molar-refractivity contribution in [2.75, 3.05) is 6.54 Å². The van der Waals surface area contributed by atoms with Crippen molar-refractivity contribution in [1.82, 2.24) is 5.32 Å². The molecule has 1 amide bonds. The molecule has 3 atom stereocenters. The Kier molecular flexibility index (Phi) is 3.87. The highest BCUT2D eigenvalue weighted by Crippen LogP contribution is 2.28. The number of amides is 1. The van der Waals surface area contributed by atoms with Crippen molar-refractivity contribution in [3.05, 3.63) is 29.8 Å². The molecule has 0 aromatic heterocycles. The zero-order valence-electron chi connectivity index (χ0n) is 10.8. The normalized spacial score (nSPS) is 20.7. The van der Waals surface area contributed by atoms with E-state index in [1.165, 1.54) is 0 Å². The van der Waals surface area contributed by atoms with Crippen LogP contribution in [0.5, 0.6) is 5.75 Å². The minimum Gasteiger partial charge on any atom is -0.480 e.